The molecule has 1 aromatic heterocycles. The number of benzene rings is 1. The molecular formula is C21H23N3O. The Hall–Kier alpha value is -2.23. The predicted octanol–water partition coefficient (Wildman–Crippen LogP) is 3.73. The van der Waals surface area contributed by atoms with Gasteiger partial charge in [-0.2, -0.15) is 0 Å². The van der Waals surface area contributed by atoms with Gasteiger partial charge in [-0.05, 0) is 74.5 Å². The monoisotopic (exact) mass is 333 g/mol. The number of amides is 1. The summed E-state index contributed by atoms with van der Waals surface area (Å²) in [5.74, 6) is 2.52. The van der Waals surface area contributed by atoms with Gasteiger partial charge in [0, 0.05) is 11.6 Å². The van der Waals surface area contributed by atoms with Crippen molar-refractivity contribution >= 4 is 23.0 Å². The summed E-state index contributed by atoms with van der Waals surface area (Å²) in [7, 11) is 0. The van der Waals surface area contributed by atoms with Crippen molar-refractivity contribution in [2.24, 2.45) is 17.8 Å². The highest BCUT2D eigenvalue weighted by molar-refractivity contribution is 5.92. The van der Waals surface area contributed by atoms with Crippen molar-refractivity contribution in [3.05, 3.63) is 42.2 Å². The van der Waals surface area contributed by atoms with Crippen molar-refractivity contribution in [1.82, 2.24) is 15.3 Å². The first-order chi connectivity index (χ1) is 12.2. The molecule has 0 unspecified atom stereocenters. The van der Waals surface area contributed by atoms with Gasteiger partial charge in [0.1, 0.15) is 0 Å². The maximum absolute atomic E-state index is 12.5. The van der Waals surface area contributed by atoms with Crippen LogP contribution in [0.4, 0.5) is 0 Å². The Bertz CT molecular complexity index is 822. The lowest BCUT2D eigenvalue weighted by atomic mass is 9.53. The van der Waals surface area contributed by atoms with E-state index in [9.17, 15) is 4.79 Å². The minimum absolute atomic E-state index is 0.0110. The highest BCUT2D eigenvalue weighted by Crippen LogP contribution is 2.55. The van der Waals surface area contributed by atoms with E-state index in [0.29, 0.717) is 0 Å². The maximum Gasteiger partial charge on any atom is 0.244 e. The summed E-state index contributed by atoms with van der Waals surface area (Å²) in [4.78, 5) is 21.5. The second-order valence-corrected chi connectivity index (χ2v) is 8.30. The minimum Gasteiger partial charge on any atom is -0.347 e. The number of para-hydroxylation sites is 2. The summed E-state index contributed by atoms with van der Waals surface area (Å²) in [6.45, 7) is 0. The molecule has 0 radical (unpaired) electrons. The Balaban J connectivity index is 1.30. The lowest BCUT2D eigenvalue weighted by Crippen LogP contribution is -2.59. The molecule has 1 heterocycles. The fraction of sp³-hybridized carbons (Fsp3) is 0.476. The van der Waals surface area contributed by atoms with Gasteiger partial charge in [-0.1, -0.05) is 12.1 Å². The van der Waals surface area contributed by atoms with Crippen LogP contribution in [0.3, 0.4) is 0 Å². The largest absolute Gasteiger partial charge is 0.347 e. The first kappa shape index (κ1) is 15.1. The van der Waals surface area contributed by atoms with Gasteiger partial charge in [0.05, 0.1) is 22.9 Å². The van der Waals surface area contributed by atoms with Crippen LogP contribution in [-0.2, 0) is 4.79 Å². The van der Waals surface area contributed by atoms with Crippen LogP contribution in [0, 0.1) is 17.8 Å². The van der Waals surface area contributed by atoms with Gasteiger partial charge in [-0.25, -0.2) is 4.98 Å². The van der Waals surface area contributed by atoms with E-state index in [2.05, 4.69) is 15.3 Å². The van der Waals surface area contributed by atoms with Crippen LogP contribution < -0.4 is 5.32 Å². The Labute approximate surface area is 147 Å². The van der Waals surface area contributed by atoms with E-state index in [1.807, 2.05) is 24.3 Å². The SMILES string of the molecule is O=C(/C=C/c1cnc2ccccc2n1)NC12CC3CC(CC(C3)C1)C2. The van der Waals surface area contributed by atoms with Crippen LogP contribution in [0.25, 0.3) is 17.1 Å². The fourth-order valence-electron chi connectivity index (χ4n) is 5.78. The molecule has 4 nitrogen and oxygen atoms in total. The van der Waals surface area contributed by atoms with Crippen LogP contribution in [0.2, 0.25) is 0 Å². The van der Waals surface area contributed by atoms with Crippen LogP contribution in [0.5, 0.6) is 0 Å². The van der Waals surface area contributed by atoms with Gasteiger partial charge in [-0.3, -0.25) is 9.78 Å². The summed E-state index contributed by atoms with van der Waals surface area (Å²) in [6.07, 6.45) is 12.8. The smallest absolute Gasteiger partial charge is 0.244 e. The molecule has 1 amide bonds. The second-order valence-electron chi connectivity index (χ2n) is 8.30. The number of nitrogens with one attached hydrogen (secondary N) is 1. The van der Waals surface area contributed by atoms with Crippen molar-refractivity contribution in [3.63, 3.8) is 0 Å². The first-order valence-electron chi connectivity index (χ1n) is 9.39. The molecule has 1 aromatic carbocycles. The number of fused-ring (bicyclic) bond motifs is 1. The van der Waals surface area contributed by atoms with E-state index in [-0.39, 0.29) is 11.4 Å². The van der Waals surface area contributed by atoms with Crippen LogP contribution in [0.1, 0.15) is 44.2 Å². The zero-order valence-electron chi connectivity index (χ0n) is 14.3. The zero-order valence-corrected chi connectivity index (χ0v) is 14.3. The highest BCUT2D eigenvalue weighted by Gasteiger charge is 2.51. The Kier molecular flexibility index (Phi) is 3.40. The summed E-state index contributed by atoms with van der Waals surface area (Å²) in [5.41, 5.74) is 2.51. The van der Waals surface area contributed by atoms with E-state index >= 15 is 0 Å². The third kappa shape index (κ3) is 2.84. The quantitative estimate of drug-likeness (QED) is 0.871. The van der Waals surface area contributed by atoms with Crippen LogP contribution in [-0.4, -0.2) is 21.4 Å². The molecule has 4 fully saturated rings. The Morgan fingerprint density at radius 1 is 1.04 bits per heavy atom. The summed E-state index contributed by atoms with van der Waals surface area (Å²) >= 11 is 0. The first-order valence-corrected chi connectivity index (χ1v) is 9.39. The third-order valence-corrected chi connectivity index (χ3v) is 6.30. The molecule has 0 spiro atoms. The second kappa shape index (κ2) is 5.65. The number of rotatable bonds is 3. The molecule has 0 atom stereocenters. The number of aromatic nitrogens is 2. The van der Waals surface area contributed by atoms with E-state index in [1.165, 1.54) is 38.5 Å². The van der Waals surface area contributed by atoms with Crippen molar-refractivity contribution in [3.8, 4) is 0 Å². The number of hydrogen-bond donors (Lipinski definition) is 1. The van der Waals surface area contributed by atoms with Crippen molar-refractivity contribution in [1.29, 1.82) is 0 Å². The standard InChI is InChI=1S/C21H23N3O/c25-20(6-5-17-13-22-18-3-1-2-4-19(18)23-17)24-21-10-14-7-15(11-21)9-16(8-14)12-21/h1-6,13-16H,7-12H2,(H,24,25)/b6-5+. The van der Waals surface area contributed by atoms with E-state index in [4.69, 9.17) is 0 Å². The van der Waals surface area contributed by atoms with Gasteiger partial charge < -0.3 is 5.32 Å². The highest BCUT2D eigenvalue weighted by atomic mass is 16.1. The Morgan fingerprint density at radius 3 is 2.36 bits per heavy atom. The summed E-state index contributed by atoms with van der Waals surface area (Å²) in [6, 6.07) is 7.78. The minimum atomic E-state index is 0.0110. The van der Waals surface area contributed by atoms with Gasteiger partial charge in [-0.15, -0.1) is 0 Å². The van der Waals surface area contributed by atoms with Gasteiger partial charge in [0.25, 0.3) is 0 Å². The molecule has 4 bridgehead atoms. The zero-order chi connectivity index (χ0) is 16.9. The van der Waals surface area contributed by atoms with Gasteiger partial charge in [0.2, 0.25) is 5.91 Å². The van der Waals surface area contributed by atoms with Crippen molar-refractivity contribution in [2.45, 2.75) is 44.1 Å². The van der Waals surface area contributed by atoms with Gasteiger partial charge >= 0.3 is 0 Å². The molecule has 25 heavy (non-hydrogen) atoms. The average molecular weight is 333 g/mol. The topological polar surface area (TPSA) is 54.9 Å². The molecule has 1 N–H and O–H groups in total. The Morgan fingerprint density at radius 2 is 1.68 bits per heavy atom. The van der Waals surface area contributed by atoms with Gasteiger partial charge in [0.15, 0.2) is 0 Å². The van der Waals surface area contributed by atoms with E-state index < -0.39 is 0 Å². The molecule has 0 aliphatic heterocycles. The molecule has 4 saturated carbocycles. The maximum atomic E-state index is 12.5. The van der Waals surface area contributed by atoms with Crippen molar-refractivity contribution in [2.75, 3.05) is 0 Å². The number of nitrogens with zero attached hydrogens (tertiary/aromatic N) is 2. The number of carbonyl (C=O) groups is 1. The molecular weight excluding hydrogens is 310 g/mol. The number of hydrogen-bond acceptors (Lipinski definition) is 3. The molecule has 2 aromatic rings. The summed E-state index contributed by atoms with van der Waals surface area (Å²) < 4.78 is 0. The molecule has 128 valence electrons. The van der Waals surface area contributed by atoms with E-state index in [1.54, 1.807) is 18.3 Å². The van der Waals surface area contributed by atoms with Crippen LogP contribution >= 0.6 is 0 Å². The average Bonchev–Trinajstić information content (AvgIpc) is 2.58. The lowest BCUT2D eigenvalue weighted by molar-refractivity contribution is -0.122. The molecule has 6 rings (SSSR count). The van der Waals surface area contributed by atoms with Crippen molar-refractivity contribution < 1.29 is 4.79 Å². The fourth-order valence-corrected chi connectivity index (χ4v) is 5.78. The van der Waals surface area contributed by atoms with E-state index in [0.717, 1.165) is 34.5 Å². The third-order valence-electron chi connectivity index (χ3n) is 6.30. The normalized spacial score (nSPS) is 33.2. The summed E-state index contributed by atoms with van der Waals surface area (Å²) in [5, 5.41) is 3.36. The molecule has 4 aliphatic carbocycles. The number of carbonyl (C=O) groups excluding carboxylic acids is 1. The van der Waals surface area contributed by atoms with Crippen LogP contribution in [0.15, 0.2) is 36.5 Å². The molecule has 0 saturated heterocycles. The predicted molar refractivity (Wildman–Crippen MR) is 97.6 cm³/mol. The lowest BCUT2D eigenvalue weighted by Gasteiger charge is -2.56. The molecule has 4 heteroatoms. The molecule has 4 aliphatic rings.